The highest BCUT2D eigenvalue weighted by molar-refractivity contribution is 5.05. The van der Waals surface area contributed by atoms with E-state index in [9.17, 15) is 10.2 Å². The quantitative estimate of drug-likeness (QED) is 0.687. The fourth-order valence-electron chi connectivity index (χ4n) is 2.41. The number of rotatable bonds is 2. The first-order valence-corrected chi connectivity index (χ1v) is 6.19. The molecule has 0 saturated carbocycles. The van der Waals surface area contributed by atoms with Crippen LogP contribution in [-0.2, 0) is 18.9 Å². The van der Waals surface area contributed by atoms with Crippen LogP contribution in [0, 0.1) is 12.3 Å². The predicted molar refractivity (Wildman–Crippen MR) is 64.7 cm³/mol. The molecule has 0 radical (unpaired) electrons. The van der Waals surface area contributed by atoms with Crippen LogP contribution in [0.4, 0.5) is 0 Å². The van der Waals surface area contributed by atoms with E-state index in [1.807, 2.05) is 0 Å². The average molecular weight is 272 g/mol. The molecule has 6 heteroatoms. The Kier molecular flexibility index (Phi) is 3.64. The van der Waals surface area contributed by atoms with Crippen molar-refractivity contribution in [3.05, 3.63) is 0 Å². The van der Waals surface area contributed by atoms with Gasteiger partial charge in [0.05, 0.1) is 0 Å². The first-order valence-electron chi connectivity index (χ1n) is 6.19. The lowest BCUT2D eigenvalue weighted by Crippen LogP contribution is -2.46. The van der Waals surface area contributed by atoms with Crippen molar-refractivity contribution in [3.63, 3.8) is 0 Å². The van der Waals surface area contributed by atoms with Gasteiger partial charge in [-0.05, 0) is 27.7 Å². The highest BCUT2D eigenvalue weighted by Gasteiger charge is 2.55. The second-order valence-corrected chi connectivity index (χ2v) is 5.67. The summed E-state index contributed by atoms with van der Waals surface area (Å²) in [6, 6.07) is 0. The van der Waals surface area contributed by atoms with Gasteiger partial charge in [0.25, 0.3) is 0 Å². The molecule has 5 atom stereocenters. The number of hydrogen-bond donors (Lipinski definition) is 2. The smallest absolute Gasteiger partial charge is 0.187 e. The lowest BCUT2D eigenvalue weighted by Gasteiger charge is -2.25. The normalized spacial score (nSPS) is 41.9. The Hall–Kier alpha value is -0.680. The summed E-state index contributed by atoms with van der Waals surface area (Å²) in [5, 5.41) is 19.7. The molecule has 2 N–H and O–H groups in total. The Morgan fingerprint density at radius 1 is 1.00 bits per heavy atom. The van der Waals surface area contributed by atoms with Crippen LogP contribution in [0.25, 0.3) is 0 Å². The van der Waals surface area contributed by atoms with E-state index < -0.39 is 42.3 Å². The molecule has 6 nitrogen and oxygen atoms in total. The second-order valence-electron chi connectivity index (χ2n) is 5.67. The largest absolute Gasteiger partial charge is 0.378 e. The maximum atomic E-state index is 9.91. The monoisotopic (exact) mass is 272 g/mol. The Morgan fingerprint density at radius 2 is 1.53 bits per heavy atom. The number of aliphatic hydroxyl groups is 2. The zero-order valence-electron chi connectivity index (χ0n) is 11.5. The summed E-state index contributed by atoms with van der Waals surface area (Å²) in [6.07, 6.45) is 0.646. The first kappa shape index (κ1) is 14.7. The van der Waals surface area contributed by atoms with Crippen molar-refractivity contribution in [2.24, 2.45) is 0 Å². The third kappa shape index (κ3) is 2.92. The van der Waals surface area contributed by atoms with Gasteiger partial charge in [-0.25, -0.2) is 0 Å². The molecule has 0 amide bonds. The Balaban J connectivity index is 2.20. The van der Waals surface area contributed by atoms with Gasteiger partial charge < -0.3 is 29.2 Å². The Labute approximate surface area is 112 Å². The molecular formula is C13H20O6. The van der Waals surface area contributed by atoms with Crippen LogP contribution < -0.4 is 0 Å². The van der Waals surface area contributed by atoms with Crippen LogP contribution in [0.3, 0.4) is 0 Å². The molecule has 108 valence electrons. The van der Waals surface area contributed by atoms with Gasteiger partial charge in [-0.3, -0.25) is 0 Å². The number of aliphatic hydroxyl groups excluding tert-OH is 2. The van der Waals surface area contributed by atoms with Crippen molar-refractivity contribution in [2.45, 2.75) is 70.0 Å². The molecule has 2 fully saturated rings. The van der Waals surface area contributed by atoms with E-state index in [-0.39, 0.29) is 0 Å². The summed E-state index contributed by atoms with van der Waals surface area (Å²) >= 11 is 0. The molecule has 0 aliphatic carbocycles. The average Bonchev–Trinajstić information content (AvgIpc) is 2.73. The second kappa shape index (κ2) is 4.70. The van der Waals surface area contributed by atoms with Gasteiger partial charge in [0.1, 0.15) is 24.4 Å². The summed E-state index contributed by atoms with van der Waals surface area (Å²) in [4.78, 5) is 0. The summed E-state index contributed by atoms with van der Waals surface area (Å²) in [6.45, 7) is 6.78. The first-order chi connectivity index (χ1) is 8.65. The Bertz CT molecular complexity index is 385. The molecule has 2 saturated heterocycles. The summed E-state index contributed by atoms with van der Waals surface area (Å²) < 4.78 is 22.1. The molecule has 2 rings (SSSR count). The third-order valence-corrected chi connectivity index (χ3v) is 3.07. The third-order valence-electron chi connectivity index (χ3n) is 3.07. The standard InChI is InChI=1S/C13H20O6/c1-6-7(14)8-9(17-12(2,3)16-8)10-11(15)19-13(4,5)18-10/h1,7-11,14-15H,2-5H3/t7?,8-,9+,10+,11-/m0/s1. The summed E-state index contributed by atoms with van der Waals surface area (Å²) in [5.41, 5.74) is 0. The van der Waals surface area contributed by atoms with Crippen LogP contribution in [0.2, 0.25) is 0 Å². The number of ether oxygens (including phenoxy) is 4. The zero-order valence-corrected chi connectivity index (χ0v) is 11.5. The van der Waals surface area contributed by atoms with Crippen molar-refractivity contribution in [1.29, 1.82) is 0 Å². The molecule has 2 aliphatic heterocycles. The Morgan fingerprint density at radius 3 is 2.00 bits per heavy atom. The minimum atomic E-state index is -1.16. The van der Waals surface area contributed by atoms with Crippen LogP contribution in [0.1, 0.15) is 27.7 Å². The van der Waals surface area contributed by atoms with Gasteiger partial charge >= 0.3 is 0 Å². The van der Waals surface area contributed by atoms with E-state index in [1.54, 1.807) is 27.7 Å². The fourth-order valence-corrected chi connectivity index (χ4v) is 2.41. The van der Waals surface area contributed by atoms with Crippen LogP contribution in [0.15, 0.2) is 0 Å². The lowest BCUT2D eigenvalue weighted by atomic mass is 10.0. The van der Waals surface area contributed by atoms with Gasteiger partial charge in [0.2, 0.25) is 0 Å². The van der Waals surface area contributed by atoms with Crippen molar-refractivity contribution >= 4 is 0 Å². The van der Waals surface area contributed by atoms with Crippen molar-refractivity contribution in [1.82, 2.24) is 0 Å². The minimum Gasteiger partial charge on any atom is -0.378 e. The fraction of sp³-hybridized carbons (Fsp3) is 0.846. The van der Waals surface area contributed by atoms with Gasteiger partial charge in [-0.1, -0.05) is 5.92 Å². The molecule has 0 bridgehead atoms. The topological polar surface area (TPSA) is 77.4 Å². The predicted octanol–water partition coefficient (Wildman–Crippen LogP) is -0.0295. The van der Waals surface area contributed by atoms with Crippen molar-refractivity contribution < 1.29 is 29.2 Å². The van der Waals surface area contributed by atoms with Crippen molar-refractivity contribution in [3.8, 4) is 12.3 Å². The van der Waals surface area contributed by atoms with Crippen LogP contribution in [0.5, 0.6) is 0 Å². The maximum Gasteiger partial charge on any atom is 0.187 e. The molecular weight excluding hydrogens is 252 g/mol. The highest BCUT2D eigenvalue weighted by Crippen LogP contribution is 2.38. The molecule has 19 heavy (non-hydrogen) atoms. The van der Waals surface area contributed by atoms with E-state index >= 15 is 0 Å². The van der Waals surface area contributed by atoms with E-state index in [1.165, 1.54) is 0 Å². The van der Waals surface area contributed by atoms with Crippen LogP contribution in [-0.4, -0.2) is 52.5 Å². The molecule has 0 spiro atoms. The van der Waals surface area contributed by atoms with Gasteiger partial charge in [0, 0.05) is 0 Å². The van der Waals surface area contributed by atoms with E-state index in [2.05, 4.69) is 5.92 Å². The van der Waals surface area contributed by atoms with Crippen LogP contribution >= 0.6 is 0 Å². The van der Waals surface area contributed by atoms with E-state index in [0.29, 0.717) is 0 Å². The number of hydrogen-bond acceptors (Lipinski definition) is 6. The molecule has 0 aromatic carbocycles. The molecule has 1 unspecified atom stereocenters. The molecule has 2 heterocycles. The molecule has 0 aromatic heterocycles. The summed E-state index contributed by atoms with van der Waals surface area (Å²) in [5.74, 6) is 0.368. The van der Waals surface area contributed by atoms with Gasteiger partial charge in [0.15, 0.2) is 17.9 Å². The van der Waals surface area contributed by atoms with Gasteiger partial charge in [-0.15, -0.1) is 6.42 Å². The maximum absolute atomic E-state index is 9.91. The minimum absolute atomic E-state index is 0.710. The molecule has 2 aliphatic rings. The van der Waals surface area contributed by atoms with E-state index in [4.69, 9.17) is 25.4 Å². The summed E-state index contributed by atoms with van der Waals surface area (Å²) in [7, 11) is 0. The SMILES string of the molecule is C#CC(O)[C@@H]1OC(C)(C)O[C@H]1[C@H]1OC(C)(C)O[C@@H]1O. The lowest BCUT2D eigenvalue weighted by molar-refractivity contribution is -0.179. The van der Waals surface area contributed by atoms with Gasteiger partial charge in [-0.2, -0.15) is 0 Å². The van der Waals surface area contributed by atoms with E-state index in [0.717, 1.165) is 0 Å². The van der Waals surface area contributed by atoms with Crippen molar-refractivity contribution in [2.75, 3.05) is 0 Å². The zero-order chi connectivity index (χ0) is 14.4. The molecule has 0 aromatic rings. The number of terminal acetylenes is 1. The highest BCUT2D eigenvalue weighted by atomic mass is 16.8.